The van der Waals surface area contributed by atoms with Crippen LogP contribution in [-0.4, -0.2) is 31.3 Å². The van der Waals surface area contributed by atoms with Crippen LogP contribution in [0.4, 0.5) is 0 Å². The highest BCUT2D eigenvalue weighted by atomic mass is 16.5. The van der Waals surface area contributed by atoms with E-state index in [0.717, 1.165) is 25.1 Å². The number of fused-ring (bicyclic) bond motifs is 3. The molecule has 4 rings (SSSR count). The molecular formula is C18H25N3O2. The number of guanidine groups is 1. The van der Waals surface area contributed by atoms with Crippen LogP contribution in [-0.2, 0) is 4.74 Å². The van der Waals surface area contributed by atoms with Crippen molar-refractivity contribution in [2.75, 3.05) is 13.2 Å². The Hall–Kier alpha value is -1.75. The summed E-state index contributed by atoms with van der Waals surface area (Å²) in [7, 11) is 0. The Labute approximate surface area is 137 Å². The van der Waals surface area contributed by atoms with E-state index >= 15 is 0 Å². The van der Waals surface area contributed by atoms with Crippen molar-refractivity contribution in [2.45, 2.75) is 50.4 Å². The van der Waals surface area contributed by atoms with E-state index in [1.807, 2.05) is 18.2 Å². The van der Waals surface area contributed by atoms with Crippen LogP contribution in [0.15, 0.2) is 29.3 Å². The van der Waals surface area contributed by atoms with Crippen molar-refractivity contribution in [3.63, 3.8) is 0 Å². The van der Waals surface area contributed by atoms with E-state index in [-0.39, 0.29) is 6.04 Å². The van der Waals surface area contributed by atoms with E-state index in [2.05, 4.69) is 16.4 Å². The Morgan fingerprint density at radius 1 is 1.26 bits per heavy atom. The molecule has 2 fully saturated rings. The first kappa shape index (κ1) is 14.8. The number of aliphatic imine (C=N–C) groups is 1. The fourth-order valence-electron chi connectivity index (χ4n) is 4.11. The molecule has 0 aromatic heterocycles. The molecule has 5 nitrogen and oxygen atoms in total. The lowest BCUT2D eigenvalue weighted by Gasteiger charge is -2.27. The maximum Gasteiger partial charge on any atom is 0.189 e. The molecule has 23 heavy (non-hydrogen) atoms. The van der Waals surface area contributed by atoms with Crippen LogP contribution in [0.25, 0.3) is 0 Å². The molecule has 2 saturated heterocycles. The smallest absolute Gasteiger partial charge is 0.189 e. The first-order valence-corrected chi connectivity index (χ1v) is 8.73. The van der Waals surface area contributed by atoms with Gasteiger partial charge in [-0.2, -0.15) is 0 Å². The van der Waals surface area contributed by atoms with Crippen molar-refractivity contribution in [2.24, 2.45) is 16.6 Å². The Morgan fingerprint density at radius 2 is 2.17 bits per heavy atom. The molecule has 3 aliphatic heterocycles. The highest BCUT2D eigenvalue weighted by molar-refractivity contribution is 5.78. The summed E-state index contributed by atoms with van der Waals surface area (Å²) in [4.78, 5) is 4.53. The maximum absolute atomic E-state index is 6.09. The van der Waals surface area contributed by atoms with E-state index in [1.54, 1.807) is 0 Å². The van der Waals surface area contributed by atoms with Crippen molar-refractivity contribution >= 4 is 5.96 Å². The normalized spacial score (nSPS) is 32.4. The Kier molecular flexibility index (Phi) is 4.12. The Bertz CT molecular complexity index is 589. The summed E-state index contributed by atoms with van der Waals surface area (Å²) in [5.41, 5.74) is 7.25. The van der Waals surface area contributed by atoms with Crippen molar-refractivity contribution in [3.05, 3.63) is 29.8 Å². The van der Waals surface area contributed by atoms with Gasteiger partial charge in [-0.25, -0.2) is 0 Å². The molecule has 1 aromatic rings. The lowest BCUT2D eigenvalue weighted by molar-refractivity contribution is 0.0916. The molecule has 124 valence electrons. The zero-order valence-electron chi connectivity index (χ0n) is 13.4. The molecule has 1 aromatic carbocycles. The summed E-state index contributed by atoms with van der Waals surface area (Å²) in [5.74, 6) is 2.16. The molecule has 0 aliphatic carbocycles. The lowest BCUT2D eigenvalue weighted by Crippen LogP contribution is -2.37. The third-order valence-corrected chi connectivity index (χ3v) is 5.29. The predicted molar refractivity (Wildman–Crippen MR) is 89.5 cm³/mol. The largest absolute Gasteiger partial charge is 0.493 e. The number of benzene rings is 1. The second-order valence-electron chi connectivity index (χ2n) is 6.80. The van der Waals surface area contributed by atoms with E-state index in [9.17, 15) is 0 Å². The van der Waals surface area contributed by atoms with Crippen LogP contribution in [0.5, 0.6) is 5.75 Å². The summed E-state index contributed by atoms with van der Waals surface area (Å²) in [6, 6.07) is 8.31. The van der Waals surface area contributed by atoms with Gasteiger partial charge in [-0.1, -0.05) is 18.2 Å². The van der Waals surface area contributed by atoms with Crippen molar-refractivity contribution in [1.82, 2.24) is 5.32 Å². The molecule has 0 amide bonds. The number of nitrogens with one attached hydrogen (secondary N) is 1. The number of nitrogens with two attached hydrogens (primary N) is 1. The van der Waals surface area contributed by atoms with Crippen LogP contribution < -0.4 is 15.8 Å². The number of para-hydroxylation sites is 1. The first-order chi connectivity index (χ1) is 11.3. The van der Waals surface area contributed by atoms with Crippen LogP contribution in [0, 0.1) is 5.92 Å². The number of ether oxygens (including phenoxy) is 2. The van der Waals surface area contributed by atoms with Crippen molar-refractivity contribution < 1.29 is 9.47 Å². The summed E-state index contributed by atoms with van der Waals surface area (Å²) in [6.45, 7) is 1.49. The maximum atomic E-state index is 6.09. The van der Waals surface area contributed by atoms with Gasteiger partial charge in [0.1, 0.15) is 5.75 Å². The van der Waals surface area contributed by atoms with Crippen molar-refractivity contribution in [1.29, 1.82) is 0 Å². The number of nitrogens with zero attached hydrogens (tertiary/aromatic N) is 1. The second-order valence-corrected chi connectivity index (χ2v) is 6.80. The van der Waals surface area contributed by atoms with Crippen molar-refractivity contribution in [3.8, 4) is 5.75 Å². The number of rotatable bonds is 4. The standard InChI is InChI=1S/C18H25N3O2/c19-18(20-9-7-12-11-13-5-6-16(12)23-13)21-15-8-10-22-17-4-2-1-3-14(15)17/h1-4,12-13,15-16H,5-11H2,(H3,19,20,21). The van der Waals surface area contributed by atoms with Crippen LogP contribution >= 0.6 is 0 Å². The average molecular weight is 315 g/mol. The number of hydrogen-bond acceptors (Lipinski definition) is 3. The second kappa shape index (κ2) is 6.40. The molecule has 4 unspecified atom stereocenters. The molecule has 4 atom stereocenters. The van der Waals surface area contributed by atoms with Gasteiger partial charge in [0.05, 0.1) is 24.9 Å². The Morgan fingerprint density at radius 3 is 3.00 bits per heavy atom. The summed E-state index contributed by atoms with van der Waals surface area (Å²) in [6.07, 6.45) is 6.67. The molecule has 0 radical (unpaired) electrons. The highest BCUT2D eigenvalue weighted by Gasteiger charge is 2.40. The van der Waals surface area contributed by atoms with Crippen LogP contribution in [0.2, 0.25) is 0 Å². The van der Waals surface area contributed by atoms with Gasteiger partial charge in [0.15, 0.2) is 5.96 Å². The molecule has 3 N–H and O–H groups in total. The van der Waals surface area contributed by atoms with E-state index in [4.69, 9.17) is 15.2 Å². The quantitative estimate of drug-likeness (QED) is 0.661. The molecular weight excluding hydrogens is 290 g/mol. The van der Waals surface area contributed by atoms with Gasteiger partial charge in [0.25, 0.3) is 0 Å². The van der Waals surface area contributed by atoms with E-state index in [1.165, 1.54) is 24.8 Å². The van der Waals surface area contributed by atoms with Gasteiger partial charge in [0.2, 0.25) is 0 Å². The average Bonchev–Trinajstić information content (AvgIpc) is 3.18. The van der Waals surface area contributed by atoms with Gasteiger partial charge in [-0.15, -0.1) is 0 Å². The summed E-state index contributed by atoms with van der Waals surface area (Å²) < 4.78 is 11.6. The molecule has 5 heteroatoms. The fraction of sp³-hybridized carbons (Fsp3) is 0.611. The summed E-state index contributed by atoms with van der Waals surface area (Å²) >= 11 is 0. The van der Waals surface area contributed by atoms with E-state index < -0.39 is 0 Å². The SMILES string of the molecule is NC(=NCCC1CC2CCC1O2)NC1CCOc2ccccc21. The highest BCUT2D eigenvalue weighted by Crippen LogP contribution is 2.40. The minimum absolute atomic E-state index is 0.189. The minimum Gasteiger partial charge on any atom is -0.493 e. The molecule has 3 heterocycles. The zero-order valence-corrected chi connectivity index (χ0v) is 13.4. The van der Waals surface area contributed by atoms with Gasteiger partial charge in [-0.3, -0.25) is 4.99 Å². The Balaban J connectivity index is 1.30. The van der Waals surface area contributed by atoms with Crippen LogP contribution in [0.3, 0.4) is 0 Å². The lowest BCUT2D eigenvalue weighted by atomic mass is 9.87. The van der Waals surface area contributed by atoms with Crippen LogP contribution in [0.1, 0.15) is 43.7 Å². The zero-order chi connectivity index (χ0) is 15.6. The topological polar surface area (TPSA) is 68.9 Å². The minimum atomic E-state index is 0.189. The van der Waals surface area contributed by atoms with Gasteiger partial charge >= 0.3 is 0 Å². The van der Waals surface area contributed by atoms with Gasteiger partial charge in [0, 0.05) is 18.5 Å². The molecule has 3 aliphatic rings. The fourth-order valence-corrected chi connectivity index (χ4v) is 4.11. The summed E-state index contributed by atoms with van der Waals surface area (Å²) in [5, 5.41) is 3.35. The monoisotopic (exact) mass is 315 g/mol. The molecule has 0 spiro atoms. The third-order valence-electron chi connectivity index (χ3n) is 5.29. The van der Waals surface area contributed by atoms with Gasteiger partial charge in [-0.05, 0) is 37.7 Å². The molecule has 2 bridgehead atoms. The van der Waals surface area contributed by atoms with Gasteiger partial charge < -0.3 is 20.5 Å². The third kappa shape index (κ3) is 3.15. The first-order valence-electron chi connectivity index (χ1n) is 8.73. The predicted octanol–water partition coefficient (Wildman–Crippen LogP) is 2.37. The van der Waals surface area contributed by atoms with E-state index in [0.29, 0.717) is 30.7 Å². The molecule has 0 saturated carbocycles. The number of hydrogen-bond donors (Lipinski definition) is 2.